The molecule has 0 amide bonds. The molecule has 0 atom stereocenters. The third kappa shape index (κ3) is 4.17. The van der Waals surface area contributed by atoms with Gasteiger partial charge in [0.15, 0.2) is 5.75 Å². The van der Waals surface area contributed by atoms with Gasteiger partial charge in [-0.2, -0.15) is 10.4 Å². The number of hydrogen-bond donors (Lipinski definition) is 0. The number of rotatable bonds is 5. The molecule has 0 radical (unpaired) electrons. The number of halogens is 1. The van der Waals surface area contributed by atoms with E-state index in [2.05, 4.69) is 15.3 Å². The molecule has 2 aromatic heterocycles. The van der Waals surface area contributed by atoms with Gasteiger partial charge in [0.1, 0.15) is 17.5 Å². The molecule has 0 saturated heterocycles. The average molecular weight is 450 g/mol. The molecule has 160 valence electrons. The molecule has 0 saturated carbocycles. The van der Waals surface area contributed by atoms with E-state index in [1.54, 1.807) is 47.1 Å². The number of carbonyl (C=O) groups is 1. The van der Waals surface area contributed by atoms with Crippen LogP contribution < -0.4 is 9.47 Å². The van der Waals surface area contributed by atoms with Crippen LogP contribution in [0.25, 0.3) is 17.1 Å². The van der Waals surface area contributed by atoms with Crippen molar-refractivity contribution >= 4 is 17.6 Å². The van der Waals surface area contributed by atoms with Crippen LogP contribution in [0.3, 0.4) is 0 Å². The summed E-state index contributed by atoms with van der Waals surface area (Å²) in [6.45, 7) is 4.97. The highest BCUT2D eigenvalue weighted by Crippen LogP contribution is 2.32. The SMILES string of the molecule is CC(=O)Oc1nnc(-c2ccc(Oc3c(C)nn(-c4ccc(C#N)c(Cl)c4)c3C)cc2)o1. The minimum absolute atomic E-state index is 0.214. The number of aromatic nitrogens is 4. The maximum absolute atomic E-state index is 11.0. The molecule has 0 fully saturated rings. The van der Waals surface area contributed by atoms with Crippen LogP contribution in [-0.4, -0.2) is 25.9 Å². The summed E-state index contributed by atoms with van der Waals surface area (Å²) < 4.78 is 17.8. The summed E-state index contributed by atoms with van der Waals surface area (Å²) in [4.78, 5) is 11.0. The van der Waals surface area contributed by atoms with Crippen molar-refractivity contribution < 1.29 is 18.7 Å². The Morgan fingerprint density at radius 2 is 1.91 bits per heavy atom. The maximum atomic E-state index is 11.0. The third-order valence-corrected chi connectivity index (χ3v) is 4.81. The Bertz CT molecular complexity index is 1350. The lowest BCUT2D eigenvalue weighted by atomic mass is 10.2. The summed E-state index contributed by atoms with van der Waals surface area (Å²) >= 11 is 6.16. The van der Waals surface area contributed by atoms with Crippen LogP contribution in [0, 0.1) is 25.2 Å². The van der Waals surface area contributed by atoms with E-state index in [-0.39, 0.29) is 12.0 Å². The molecule has 0 aliphatic rings. The van der Waals surface area contributed by atoms with Gasteiger partial charge in [0.05, 0.1) is 22.0 Å². The Morgan fingerprint density at radius 3 is 2.56 bits per heavy atom. The predicted octanol–water partition coefficient (Wildman–Crippen LogP) is 4.78. The monoisotopic (exact) mass is 449 g/mol. The van der Waals surface area contributed by atoms with Gasteiger partial charge < -0.3 is 13.9 Å². The molecule has 2 aromatic carbocycles. The average Bonchev–Trinajstić information content (AvgIpc) is 3.33. The molecule has 0 aliphatic carbocycles. The summed E-state index contributed by atoms with van der Waals surface area (Å²) in [6.07, 6.45) is -0.214. The van der Waals surface area contributed by atoms with E-state index in [9.17, 15) is 4.79 Å². The molecule has 4 rings (SSSR count). The fraction of sp³-hybridized carbons (Fsp3) is 0.136. The largest absolute Gasteiger partial charge is 0.453 e. The zero-order valence-electron chi connectivity index (χ0n) is 17.3. The molecule has 0 aliphatic heterocycles. The molecule has 2 heterocycles. The topological polar surface area (TPSA) is 116 Å². The number of hydrogen-bond acceptors (Lipinski definition) is 8. The molecule has 9 nitrogen and oxygen atoms in total. The van der Waals surface area contributed by atoms with E-state index >= 15 is 0 Å². The molecule has 0 N–H and O–H groups in total. The molecule has 0 bridgehead atoms. The van der Waals surface area contributed by atoms with Crippen molar-refractivity contribution in [2.24, 2.45) is 0 Å². The molecular weight excluding hydrogens is 434 g/mol. The van der Waals surface area contributed by atoms with Crippen LogP contribution in [0.15, 0.2) is 46.9 Å². The molecule has 10 heteroatoms. The summed E-state index contributed by atoms with van der Waals surface area (Å²) in [7, 11) is 0. The molecule has 0 unspecified atom stereocenters. The number of nitriles is 1. The minimum atomic E-state index is -0.543. The summed E-state index contributed by atoms with van der Waals surface area (Å²) in [5.41, 5.74) is 3.22. The van der Waals surface area contributed by atoms with Gasteiger partial charge in [-0.15, -0.1) is 5.10 Å². The Hall–Kier alpha value is -4.16. The second-order valence-electron chi connectivity index (χ2n) is 6.78. The Labute approximate surface area is 187 Å². The van der Waals surface area contributed by atoms with E-state index in [0.717, 1.165) is 11.4 Å². The van der Waals surface area contributed by atoms with Crippen molar-refractivity contribution in [2.45, 2.75) is 20.8 Å². The number of carbonyl (C=O) groups excluding carboxylic acids is 1. The van der Waals surface area contributed by atoms with Gasteiger partial charge >= 0.3 is 12.0 Å². The minimum Gasteiger partial charge on any atom is -0.453 e. The quantitative estimate of drug-likeness (QED) is 0.399. The van der Waals surface area contributed by atoms with Crippen LogP contribution in [-0.2, 0) is 4.79 Å². The first-order chi connectivity index (χ1) is 15.4. The number of benzene rings is 2. The smallest absolute Gasteiger partial charge is 0.422 e. The first-order valence-corrected chi connectivity index (χ1v) is 9.80. The predicted molar refractivity (Wildman–Crippen MR) is 114 cm³/mol. The normalized spacial score (nSPS) is 10.6. The van der Waals surface area contributed by atoms with E-state index in [0.29, 0.717) is 33.3 Å². The summed E-state index contributed by atoms with van der Waals surface area (Å²) in [6, 6.07) is 14.1. The van der Waals surface area contributed by atoms with Crippen LogP contribution in [0.1, 0.15) is 23.9 Å². The second kappa shape index (κ2) is 8.53. The van der Waals surface area contributed by atoms with Crippen molar-refractivity contribution in [2.75, 3.05) is 0 Å². The van der Waals surface area contributed by atoms with E-state index in [1.165, 1.54) is 6.92 Å². The van der Waals surface area contributed by atoms with Gasteiger partial charge in [0, 0.05) is 12.5 Å². The van der Waals surface area contributed by atoms with Gasteiger partial charge in [0.25, 0.3) is 5.89 Å². The number of ether oxygens (including phenoxy) is 2. The van der Waals surface area contributed by atoms with Gasteiger partial charge in [-0.25, -0.2) is 4.68 Å². The van der Waals surface area contributed by atoms with Crippen molar-refractivity contribution in [1.82, 2.24) is 20.0 Å². The van der Waals surface area contributed by atoms with Crippen molar-refractivity contribution in [1.29, 1.82) is 5.26 Å². The maximum Gasteiger partial charge on any atom is 0.422 e. The van der Waals surface area contributed by atoms with Gasteiger partial charge in [-0.3, -0.25) is 4.79 Å². The van der Waals surface area contributed by atoms with Crippen LogP contribution >= 0.6 is 11.6 Å². The van der Waals surface area contributed by atoms with E-state index in [4.69, 9.17) is 30.8 Å². The van der Waals surface area contributed by atoms with Gasteiger partial charge in [-0.05, 0) is 56.3 Å². The van der Waals surface area contributed by atoms with E-state index in [1.807, 2.05) is 19.9 Å². The molecule has 0 spiro atoms. The van der Waals surface area contributed by atoms with Crippen LogP contribution in [0.4, 0.5) is 0 Å². The lowest BCUT2D eigenvalue weighted by molar-refractivity contribution is -0.133. The highest BCUT2D eigenvalue weighted by Gasteiger charge is 2.17. The Balaban J connectivity index is 1.56. The highest BCUT2D eigenvalue weighted by molar-refractivity contribution is 6.31. The lowest BCUT2D eigenvalue weighted by Gasteiger charge is -2.08. The Morgan fingerprint density at radius 1 is 1.16 bits per heavy atom. The summed E-state index contributed by atoms with van der Waals surface area (Å²) in [5, 5.41) is 21.5. The first-order valence-electron chi connectivity index (χ1n) is 9.42. The number of nitrogens with zero attached hydrogens (tertiary/aromatic N) is 5. The molecular formula is C22H16ClN5O4. The van der Waals surface area contributed by atoms with Crippen LogP contribution in [0.5, 0.6) is 17.6 Å². The Kier molecular flexibility index (Phi) is 5.62. The third-order valence-electron chi connectivity index (χ3n) is 4.50. The number of aryl methyl sites for hydroxylation is 1. The van der Waals surface area contributed by atoms with Gasteiger partial charge in [0.2, 0.25) is 0 Å². The molecule has 32 heavy (non-hydrogen) atoms. The van der Waals surface area contributed by atoms with Crippen molar-refractivity contribution in [3.63, 3.8) is 0 Å². The van der Waals surface area contributed by atoms with Crippen molar-refractivity contribution in [3.8, 4) is 40.8 Å². The van der Waals surface area contributed by atoms with Crippen LogP contribution in [0.2, 0.25) is 5.02 Å². The number of esters is 1. The first kappa shape index (κ1) is 21.1. The fourth-order valence-corrected chi connectivity index (χ4v) is 3.24. The highest BCUT2D eigenvalue weighted by atomic mass is 35.5. The summed E-state index contributed by atoms with van der Waals surface area (Å²) in [5.74, 6) is 0.856. The van der Waals surface area contributed by atoms with E-state index < -0.39 is 5.97 Å². The second-order valence-corrected chi connectivity index (χ2v) is 7.19. The zero-order chi connectivity index (χ0) is 22.8. The molecule has 4 aromatic rings. The zero-order valence-corrected chi connectivity index (χ0v) is 18.0. The fourth-order valence-electron chi connectivity index (χ4n) is 3.03. The van der Waals surface area contributed by atoms with Crippen molar-refractivity contribution in [3.05, 3.63) is 64.4 Å². The standard InChI is InChI=1S/C22H16ClN5O4/c1-12-20(13(2)28(27-12)17-7-4-16(11-24)19(23)10-17)31-18-8-5-15(6-9-18)21-25-26-22(32-21)30-14(3)29/h4-10H,1-3H3. The lowest BCUT2D eigenvalue weighted by Crippen LogP contribution is -2.01. The van der Waals surface area contributed by atoms with Gasteiger partial charge in [-0.1, -0.05) is 16.7 Å².